The SMILES string of the molecule is C=CC(=O)N1CCCC(C(=O)N2CC(C)(C)C[C@H]2CO)C1. The van der Waals surface area contributed by atoms with Gasteiger partial charge in [-0.3, -0.25) is 9.59 Å². The van der Waals surface area contributed by atoms with Crippen molar-refractivity contribution in [3.8, 4) is 0 Å². The molecule has 2 rings (SSSR count). The van der Waals surface area contributed by atoms with Crippen LogP contribution in [-0.4, -0.2) is 59.0 Å². The molecule has 5 nitrogen and oxygen atoms in total. The quantitative estimate of drug-likeness (QED) is 0.791. The summed E-state index contributed by atoms with van der Waals surface area (Å²) in [6.45, 7) is 9.62. The number of aliphatic hydroxyl groups is 1. The van der Waals surface area contributed by atoms with Crippen molar-refractivity contribution in [2.24, 2.45) is 11.3 Å². The molecule has 2 atom stereocenters. The Morgan fingerprint density at radius 1 is 1.43 bits per heavy atom. The van der Waals surface area contributed by atoms with Crippen LogP contribution in [0.2, 0.25) is 0 Å². The van der Waals surface area contributed by atoms with E-state index in [1.165, 1.54) is 6.08 Å². The summed E-state index contributed by atoms with van der Waals surface area (Å²) < 4.78 is 0. The molecule has 2 aliphatic heterocycles. The van der Waals surface area contributed by atoms with Crippen LogP contribution in [0, 0.1) is 11.3 Å². The van der Waals surface area contributed by atoms with Gasteiger partial charge in [-0.25, -0.2) is 0 Å². The molecular weight excluding hydrogens is 268 g/mol. The summed E-state index contributed by atoms with van der Waals surface area (Å²) >= 11 is 0. The molecule has 1 N–H and O–H groups in total. The molecule has 2 aliphatic rings. The van der Waals surface area contributed by atoms with Crippen molar-refractivity contribution in [1.82, 2.24) is 9.80 Å². The normalized spacial score (nSPS) is 28.5. The topological polar surface area (TPSA) is 60.9 Å². The van der Waals surface area contributed by atoms with E-state index < -0.39 is 0 Å². The van der Waals surface area contributed by atoms with Crippen molar-refractivity contribution >= 4 is 11.8 Å². The predicted molar refractivity (Wildman–Crippen MR) is 80.5 cm³/mol. The Bertz CT molecular complexity index is 433. The molecule has 0 radical (unpaired) electrons. The van der Waals surface area contributed by atoms with Gasteiger partial charge >= 0.3 is 0 Å². The van der Waals surface area contributed by atoms with E-state index in [-0.39, 0.29) is 35.8 Å². The Kier molecular flexibility index (Phi) is 4.71. The lowest BCUT2D eigenvalue weighted by Crippen LogP contribution is -2.48. The Morgan fingerprint density at radius 2 is 2.14 bits per heavy atom. The van der Waals surface area contributed by atoms with Crippen LogP contribution in [0.1, 0.15) is 33.1 Å². The average Bonchev–Trinajstić information content (AvgIpc) is 2.80. The first-order valence-electron chi connectivity index (χ1n) is 7.70. The fourth-order valence-electron chi connectivity index (χ4n) is 3.57. The molecule has 0 saturated carbocycles. The largest absolute Gasteiger partial charge is 0.394 e. The molecule has 2 amide bonds. The summed E-state index contributed by atoms with van der Waals surface area (Å²) in [4.78, 5) is 28.0. The number of carbonyl (C=O) groups is 2. The van der Waals surface area contributed by atoms with E-state index in [9.17, 15) is 14.7 Å². The van der Waals surface area contributed by atoms with Gasteiger partial charge in [-0.15, -0.1) is 0 Å². The molecule has 1 unspecified atom stereocenters. The summed E-state index contributed by atoms with van der Waals surface area (Å²) in [7, 11) is 0. The zero-order valence-electron chi connectivity index (χ0n) is 13.0. The van der Waals surface area contributed by atoms with Crippen molar-refractivity contribution in [1.29, 1.82) is 0 Å². The maximum atomic E-state index is 12.8. The summed E-state index contributed by atoms with van der Waals surface area (Å²) in [5.41, 5.74) is 0.0499. The van der Waals surface area contributed by atoms with Gasteiger partial charge in [0.15, 0.2) is 0 Å². The second kappa shape index (κ2) is 6.18. The monoisotopic (exact) mass is 294 g/mol. The molecule has 118 valence electrons. The lowest BCUT2D eigenvalue weighted by atomic mass is 9.91. The molecule has 0 aliphatic carbocycles. The first-order valence-corrected chi connectivity index (χ1v) is 7.70. The molecule has 5 heteroatoms. The fourth-order valence-corrected chi connectivity index (χ4v) is 3.57. The van der Waals surface area contributed by atoms with Crippen LogP contribution in [0.15, 0.2) is 12.7 Å². The number of nitrogens with zero attached hydrogens (tertiary/aromatic N) is 2. The lowest BCUT2D eigenvalue weighted by molar-refractivity contribution is -0.141. The summed E-state index contributed by atoms with van der Waals surface area (Å²) in [5, 5.41) is 9.52. The number of hydrogen-bond donors (Lipinski definition) is 1. The highest BCUT2D eigenvalue weighted by Crippen LogP contribution is 2.35. The highest BCUT2D eigenvalue weighted by atomic mass is 16.3. The number of rotatable bonds is 3. The number of hydrogen-bond acceptors (Lipinski definition) is 3. The minimum Gasteiger partial charge on any atom is -0.394 e. The van der Waals surface area contributed by atoms with Crippen LogP contribution in [0.3, 0.4) is 0 Å². The van der Waals surface area contributed by atoms with Gasteiger partial charge < -0.3 is 14.9 Å². The van der Waals surface area contributed by atoms with Crippen LogP contribution < -0.4 is 0 Å². The third-order valence-corrected chi connectivity index (χ3v) is 4.58. The van der Waals surface area contributed by atoms with Crippen molar-refractivity contribution in [3.63, 3.8) is 0 Å². The smallest absolute Gasteiger partial charge is 0.245 e. The molecular formula is C16H26N2O3. The zero-order chi connectivity index (χ0) is 15.6. The van der Waals surface area contributed by atoms with E-state index in [4.69, 9.17) is 0 Å². The van der Waals surface area contributed by atoms with Gasteiger partial charge in [0.1, 0.15) is 0 Å². The Labute approximate surface area is 126 Å². The minimum absolute atomic E-state index is 0.0111. The molecule has 21 heavy (non-hydrogen) atoms. The van der Waals surface area contributed by atoms with Gasteiger partial charge in [-0.2, -0.15) is 0 Å². The van der Waals surface area contributed by atoms with Gasteiger partial charge in [-0.1, -0.05) is 20.4 Å². The van der Waals surface area contributed by atoms with Crippen molar-refractivity contribution < 1.29 is 14.7 Å². The molecule has 0 aromatic heterocycles. The molecule has 0 aromatic carbocycles. The number of likely N-dealkylation sites (tertiary alicyclic amines) is 2. The van der Waals surface area contributed by atoms with Crippen LogP contribution >= 0.6 is 0 Å². The molecule has 2 heterocycles. The molecule has 2 fully saturated rings. The summed E-state index contributed by atoms with van der Waals surface area (Å²) in [6.07, 6.45) is 3.80. The maximum absolute atomic E-state index is 12.8. The van der Waals surface area contributed by atoms with E-state index in [0.29, 0.717) is 19.6 Å². The minimum atomic E-state index is -0.148. The van der Waals surface area contributed by atoms with Gasteiger partial charge in [0.05, 0.1) is 18.6 Å². The molecule has 0 spiro atoms. The van der Waals surface area contributed by atoms with Crippen molar-refractivity contribution in [2.45, 2.75) is 39.2 Å². The van der Waals surface area contributed by atoms with Gasteiger partial charge in [0, 0.05) is 19.6 Å². The van der Waals surface area contributed by atoms with E-state index in [2.05, 4.69) is 20.4 Å². The summed E-state index contributed by atoms with van der Waals surface area (Å²) in [5.74, 6) is -0.167. The summed E-state index contributed by atoms with van der Waals surface area (Å²) in [6, 6.07) is -0.0852. The third-order valence-electron chi connectivity index (χ3n) is 4.58. The van der Waals surface area contributed by atoms with Crippen molar-refractivity contribution in [3.05, 3.63) is 12.7 Å². The number of piperidine rings is 1. The van der Waals surface area contributed by atoms with E-state index in [1.807, 2.05) is 4.90 Å². The highest BCUT2D eigenvalue weighted by molar-refractivity contribution is 5.88. The Balaban J connectivity index is 2.05. The van der Waals surface area contributed by atoms with Crippen LogP contribution in [0.25, 0.3) is 0 Å². The Morgan fingerprint density at radius 3 is 2.76 bits per heavy atom. The number of amides is 2. The van der Waals surface area contributed by atoms with Crippen LogP contribution in [0.4, 0.5) is 0 Å². The van der Waals surface area contributed by atoms with E-state index >= 15 is 0 Å². The van der Waals surface area contributed by atoms with Crippen LogP contribution in [0.5, 0.6) is 0 Å². The predicted octanol–water partition coefficient (Wildman–Crippen LogP) is 1.03. The second-order valence-electron chi connectivity index (χ2n) is 7.00. The molecule has 0 aromatic rings. The number of aliphatic hydroxyl groups excluding tert-OH is 1. The number of carbonyl (C=O) groups excluding carboxylic acids is 2. The van der Waals surface area contributed by atoms with E-state index in [1.54, 1.807) is 4.90 Å². The van der Waals surface area contributed by atoms with Gasteiger partial charge in [0.2, 0.25) is 11.8 Å². The molecule has 0 bridgehead atoms. The van der Waals surface area contributed by atoms with Gasteiger partial charge in [-0.05, 0) is 30.8 Å². The highest BCUT2D eigenvalue weighted by Gasteiger charge is 2.42. The Hall–Kier alpha value is -1.36. The second-order valence-corrected chi connectivity index (χ2v) is 7.00. The third kappa shape index (κ3) is 3.46. The maximum Gasteiger partial charge on any atom is 0.245 e. The fraction of sp³-hybridized carbons (Fsp3) is 0.750. The molecule has 2 saturated heterocycles. The zero-order valence-corrected chi connectivity index (χ0v) is 13.0. The lowest BCUT2D eigenvalue weighted by Gasteiger charge is -2.35. The standard InChI is InChI=1S/C16H26N2O3/c1-4-14(20)17-7-5-6-12(9-17)15(21)18-11-16(2,3)8-13(18)10-19/h4,12-13,19H,1,5-11H2,2-3H3/t12?,13-/m0/s1. The first-order chi connectivity index (χ1) is 9.88. The van der Waals surface area contributed by atoms with Gasteiger partial charge in [0.25, 0.3) is 0 Å². The van der Waals surface area contributed by atoms with E-state index in [0.717, 1.165) is 19.3 Å². The van der Waals surface area contributed by atoms with Crippen LogP contribution in [-0.2, 0) is 9.59 Å². The first kappa shape index (κ1) is 16.0. The average molecular weight is 294 g/mol. The van der Waals surface area contributed by atoms with Crippen molar-refractivity contribution in [2.75, 3.05) is 26.2 Å².